The molecule has 0 atom stereocenters. The molecular formula is C25H29N3O3. The van der Waals surface area contributed by atoms with E-state index in [1.54, 1.807) is 0 Å². The molecule has 1 fully saturated rings. The number of rotatable bonds is 7. The minimum atomic E-state index is -0.259. The summed E-state index contributed by atoms with van der Waals surface area (Å²) in [5.74, 6) is -0.483. The first-order chi connectivity index (χ1) is 15.0. The SMILES string of the molecule is Cc1ccc(C2=C(Nc3ccccc3)C(=O)N(CCCN3CCOCC3)C2=O)c(C)c1. The van der Waals surface area contributed by atoms with E-state index in [0.717, 1.165) is 61.6 Å². The number of nitrogens with one attached hydrogen (secondary N) is 1. The third kappa shape index (κ3) is 4.70. The number of morpholine rings is 1. The van der Waals surface area contributed by atoms with Crippen LogP contribution >= 0.6 is 0 Å². The zero-order valence-corrected chi connectivity index (χ0v) is 18.2. The van der Waals surface area contributed by atoms with Gasteiger partial charge < -0.3 is 10.1 Å². The first kappa shape index (κ1) is 21.3. The summed E-state index contributed by atoms with van der Waals surface area (Å²) in [4.78, 5) is 30.4. The van der Waals surface area contributed by atoms with E-state index in [0.29, 0.717) is 17.8 Å². The summed E-state index contributed by atoms with van der Waals surface area (Å²) in [7, 11) is 0. The quantitative estimate of drug-likeness (QED) is 0.699. The highest BCUT2D eigenvalue weighted by molar-refractivity contribution is 6.36. The fraction of sp³-hybridized carbons (Fsp3) is 0.360. The minimum absolute atomic E-state index is 0.225. The van der Waals surface area contributed by atoms with Gasteiger partial charge in [0.25, 0.3) is 11.8 Å². The average Bonchev–Trinajstić information content (AvgIpc) is 3.00. The fourth-order valence-corrected chi connectivity index (χ4v) is 4.18. The topological polar surface area (TPSA) is 61.9 Å². The van der Waals surface area contributed by atoms with Crippen LogP contribution in [0, 0.1) is 13.8 Å². The largest absolute Gasteiger partial charge is 0.379 e. The smallest absolute Gasteiger partial charge is 0.278 e. The number of benzene rings is 2. The van der Waals surface area contributed by atoms with E-state index in [2.05, 4.69) is 10.2 Å². The molecule has 2 aliphatic heterocycles. The first-order valence-electron chi connectivity index (χ1n) is 10.8. The third-order valence-electron chi connectivity index (χ3n) is 5.82. The number of ether oxygens (including phenoxy) is 1. The zero-order valence-electron chi connectivity index (χ0n) is 18.2. The number of carbonyl (C=O) groups is 2. The van der Waals surface area contributed by atoms with Crippen LogP contribution in [0.25, 0.3) is 5.57 Å². The van der Waals surface area contributed by atoms with E-state index in [9.17, 15) is 9.59 Å². The minimum Gasteiger partial charge on any atom is -0.379 e. The summed E-state index contributed by atoms with van der Waals surface area (Å²) in [5.41, 5.74) is 4.51. The van der Waals surface area contributed by atoms with Crippen molar-refractivity contribution in [3.8, 4) is 0 Å². The maximum atomic E-state index is 13.4. The number of carbonyl (C=O) groups excluding carboxylic acids is 2. The van der Waals surface area contributed by atoms with Gasteiger partial charge in [-0.25, -0.2) is 0 Å². The predicted octanol–water partition coefficient (Wildman–Crippen LogP) is 3.22. The normalized spacial score (nSPS) is 17.5. The number of imide groups is 1. The second-order valence-corrected chi connectivity index (χ2v) is 8.13. The van der Waals surface area contributed by atoms with Crippen LogP contribution in [0.1, 0.15) is 23.1 Å². The monoisotopic (exact) mass is 419 g/mol. The third-order valence-corrected chi connectivity index (χ3v) is 5.82. The number of para-hydroxylation sites is 1. The molecule has 31 heavy (non-hydrogen) atoms. The highest BCUT2D eigenvalue weighted by Gasteiger charge is 2.39. The highest BCUT2D eigenvalue weighted by atomic mass is 16.5. The Hall–Kier alpha value is -2.96. The van der Waals surface area contributed by atoms with E-state index in [1.165, 1.54) is 4.90 Å². The molecule has 0 bridgehead atoms. The van der Waals surface area contributed by atoms with Crippen molar-refractivity contribution in [2.45, 2.75) is 20.3 Å². The van der Waals surface area contributed by atoms with Crippen LogP contribution in [0.15, 0.2) is 54.2 Å². The van der Waals surface area contributed by atoms with Gasteiger partial charge in [-0.2, -0.15) is 0 Å². The lowest BCUT2D eigenvalue weighted by Gasteiger charge is -2.27. The van der Waals surface area contributed by atoms with Gasteiger partial charge in [0.1, 0.15) is 5.70 Å². The van der Waals surface area contributed by atoms with Crippen LogP contribution in [-0.2, 0) is 14.3 Å². The summed E-state index contributed by atoms with van der Waals surface area (Å²) in [6.07, 6.45) is 0.746. The van der Waals surface area contributed by atoms with Crippen LogP contribution in [-0.4, -0.2) is 61.0 Å². The Bertz CT molecular complexity index is 994. The number of amides is 2. The molecule has 2 aliphatic rings. The Morgan fingerprint density at radius 3 is 2.39 bits per heavy atom. The average molecular weight is 420 g/mol. The van der Waals surface area contributed by atoms with Crippen LogP contribution < -0.4 is 5.32 Å². The number of nitrogens with zero attached hydrogens (tertiary/aromatic N) is 2. The molecule has 0 spiro atoms. The second kappa shape index (κ2) is 9.45. The lowest BCUT2D eigenvalue weighted by atomic mass is 9.97. The van der Waals surface area contributed by atoms with Crippen molar-refractivity contribution in [1.29, 1.82) is 0 Å². The van der Waals surface area contributed by atoms with Gasteiger partial charge in [0.2, 0.25) is 0 Å². The number of hydrogen-bond donors (Lipinski definition) is 1. The molecule has 0 saturated carbocycles. The summed E-state index contributed by atoms with van der Waals surface area (Å²) in [6, 6.07) is 15.5. The molecule has 2 aromatic rings. The van der Waals surface area contributed by atoms with E-state index < -0.39 is 0 Å². The molecule has 0 unspecified atom stereocenters. The van der Waals surface area contributed by atoms with Gasteiger partial charge >= 0.3 is 0 Å². The fourth-order valence-electron chi connectivity index (χ4n) is 4.18. The van der Waals surface area contributed by atoms with Gasteiger partial charge in [-0.05, 0) is 43.5 Å². The van der Waals surface area contributed by atoms with Crippen molar-refractivity contribution in [2.24, 2.45) is 0 Å². The van der Waals surface area contributed by atoms with Crippen molar-refractivity contribution in [3.05, 3.63) is 70.9 Å². The Labute approximate surface area is 183 Å². The van der Waals surface area contributed by atoms with Crippen molar-refractivity contribution in [3.63, 3.8) is 0 Å². The Morgan fingerprint density at radius 1 is 0.935 bits per heavy atom. The molecule has 0 aromatic heterocycles. The van der Waals surface area contributed by atoms with E-state index in [4.69, 9.17) is 4.74 Å². The van der Waals surface area contributed by atoms with Crippen molar-refractivity contribution in [1.82, 2.24) is 9.80 Å². The standard InChI is InChI=1S/C25H29N3O3/c1-18-9-10-21(19(2)17-18)22-23(26-20-7-4-3-5-8-20)25(30)28(24(22)29)12-6-11-27-13-15-31-16-14-27/h3-5,7-10,17,26H,6,11-16H2,1-2H3. The molecule has 0 aliphatic carbocycles. The first-order valence-corrected chi connectivity index (χ1v) is 10.8. The van der Waals surface area contributed by atoms with E-state index in [1.807, 2.05) is 62.4 Å². The molecule has 6 nitrogen and oxygen atoms in total. The van der Waals surface area contributed by atoms with Crippen LogP contribution in [0.5, 0.6) is 0 Å². The molecule has 4 rings (SSSR count). The summed E-state index contributed by atoms with van der Waals surface area (Å²) >= 11 is 0. The number of aryl methyl sites for hydroxylation is 2. The van der Waals surface area contributed by atoms with Crippen LogP contribution in [0.4, 0.5) is 5.69 Å². The van der Waals surface area contributed by atoms with Crippen LogP contribution in [0.3, 0.4) is 0 Å². The maximum absolute atomic E-state index is 13.4. The number of hydrogen-bond acceptors (Lipinski definition) is 5. The van der Waals surface area contributed by atoms with Crippen molar-refractivity contribution < 1.29 is 14.3 Å². The molecule has 0 radical (unpaired) electrons. The van der Waals surface area contributed by atoms with E-state index in [-0.39, 0.29) is 11.8 Å². The van der Waals surface area contributed by atoms with Crippen molar-refractivity contribution in [2.75, 3.05) is 44.7 Å². The number of anilines is 1. The lowest BCUT2D eigenvalue weighted by Crippen LogP contribution is -2.39. The predicted molar refractivity (Wildman–Crippen MR) is 121 cm³/mol. The van der Waals surface area contributed by atoms with Gasteiger partial charge in [-0.3, -0.25) is 19.4 Å². The molecular weight excluding hydrogens is 390 g/mol. The Morgan fingerprint density at radius 2 is 1.68 bits per heavy atom. The summed E-state index contributed by atoms with van der Waals surface area (Å²) < 4.78 is 5.39. The van der Waals surface area contributed by atoms with Gasteiger partial charge in [0, 0.05) is 31.9 Å². The van der Waals surface area contributed by atoms with Crippen LogP contribution in [0.2, 0.25) is 0 Å². The van der Waals surface area contributed by atoms with Gasteiger partial charge in [0.05, 0.1) is 18.8 Å². The molecule has 2 aromatic carbocycles. The highest BCUT2D eigenvalue weighted by Crippen LogP contribution is 2.32. The van der Waals surface area contributed by atoms with Gasteiger partial charge in [0.15, 0.2) is 0 Å². The molecule has 6 heteroatoms. The van der Waals surface area contributed by atoms with Gasteiger partial charge in [-0.1, -0.05) is 42.0 Å². The molecule has 1 N–H and O–H groups in total. The lowest BCUT2D eigenvalue weighted by molar-refractivity contribution is -0.136. The maximum Gasteiger partial charge on any atom is 0.278 e. The molecule has 2 amide bonds. The summed E-state index contributed by atoms with van der Waals surface area (Å²) in [6.45, 7) is 8.53. The zero-order chi connectivity index (χ0) is 21.8. The van der Waals surface area contributed by atoms with E-state index >= 15 is 0 Å². The Kier molecular flexibility index (Phi) is 6.49. The molecule has 1 saturated heterocycles. The Balaban J connectivity index is 1.58. The van der Waals surface area contributed by atoms with Crippen molar-refractivity contribution >= 4 is 23.1 Å². The molecule has 2 heterocycles. The molecule has 162 valence electrons. The second-order valence-electron chi connectivity index (χ2n) is 8.13. The summed E-state index contributed by atoms with van der Waals surface area (Å²) in [5, 5.41) is 3.22. The van der Waals surface area contributed by atoms with Gasteiger partial charge in [-0.15, -0.1) is 0 Å².